The molecule has 7 heteroatoms. The average molecular weight is 372 g/mol. The van der Waals surface area contributed by atoms with Gasteiger partial charge in [-0.1, -0.05) is 24.3 Å². The van der Waals surface area contributed by atoms with Gasteiger partial charge in [-0.15, -0.1) is 0 Å². The maximum Gasteiger partial charge on any atom is 0.246 e. The van der Waals surface area contributed by atoms with E-state index in [1.165, 1.54) is 12.1 Å². The first-order valence-electron chi connectivity index (χ1n) is 8.70. The van der Waals surface area contributed by atoms with E-state index in [-0.39, 0.29) is 12.5 Å². The third-order valence-electron chi connectivity index (χ3n) is 3.78. The summed E-state index contributed by atoms with van der Waals surface area (Å²) in [5.74, 6) is 0.671. The summed E-state index contributed by atoms with van der Waals surface area (Å²) < 4.78 is 18.6. The van der Waals surface area contributed by atoms with E-state index in [9.17, 15) is 9.18 Å². The molecule has 0 atom stereocenters. The zero-order chi connectivity index (χ0) is 19.6. The summed E-state index contributed by atoms with van der Waals surface area (Å²) in [4.78, 5) is 18.4. The lowest BCUT2D eigenvalue weighted by Gasteiger charge is -2.23. The molecule has 144 valence electrons. The van der Waals surface area contributed by atoms with Gasteiger partial charge in [0.15, 0.2) is 5.96 Å². The number of aliphatic imine (C=N–C) groups is 1. The minimum absolute atomic E-state index is 0.0743. The van der Waals surface area contributed by atoms with Crippen molar-refractivity contribution < 1.29 is 13.9 Å². The van der Waals surface area contributed by atoms with E-state index < -0.39 is 5.82 Å². The average Bonchev–Trinajstić information content (AvgIpc) is 2.65. The van der Waals surface area contributed by atoms with Gasteiger partial charge in [0.2, 0.25) is 5.91 Å². The van der Waals surface area contributed by atoms with Crippen molar-refractivity contribution in [1.82, 2.24) is 10.2 Å². The molecule has 0 aliphatic heterocycles. The number of guanidine groups is 1. The monoisotopic (exact) mass is 372 g/mol. The van der Waals surface area contributed by atoms with Crippen molar-refractivity contribution in [2.75, 3.05) is 32.6 Å². The standard InChI is InChI=1S/C20H25FN4O2/c1-4-22-20(25(2)14-15-8-5-6-11-18(15)27-3)23-13-19(26)24-17-10-7-9-16(21)12-17/h5-12H,4,13-14H2,1-3H3,(H,22,23)(H,24,26). The second kappa shape index (κ2) is 10.2. The van der Waals surface area contributed by atoms with Gasteiger partial charge in [-0.3, -0.25) is 4.79 Å². The largest absolute Gasteiger partial charge is 0.496 e. The molecule has 0 saturated heterocycles. The molecule has 0 aliphatic carbocycles. The van der Waals surface area contributed by atoms with Crippen LogP contribution in [0.3, 0.4) is 0 Å². The SMILES string of the molecule is CCNC(=NCC(=O)Nc1cccc(F)c1)N(C)Cc1ccccc1OC. The number of para-hydroxylation sites is 1. The molecule has 0 saturated carbocycles. The number of rotatable bonds is 7. The summed E-state index contributed by atoms with van der Waals surface area (Å²) in [6.07, 6.45) is 0. The molecule has 1 amide bonds. The Balaban J connectivity index is 2.02. The van der Waals surface area contributed by atoms with Crippen molar-refractivity contribution in [3.05, 3.63) is 59.9 Å². The van der Waals surface area contributed by atoms with Crippen molar-refractivity contribution in [3.63, 3.8) is 0 Å². The number of hydrogen-bond donors (Lipinski definition) is 2. The Morgan fingerprint density at radius 2 is 2.00 bits per heavy atom. The lowest BCUT2D eigenvalue weighted by molar-refractivity contribution is -0.114. The Hall–Kier alpha value is -3.09. The van der Waals surface area contributed by atoms with Crippen LogP contribution in [0.5, 0.6) is 5.75 Å². The highest BCUT2D eigenvalue weighted by molar-refractivity contribution is 5.94. The number of nitrogens with zero attached hydrogens (tertiary/aromatic N) is 2. The minimum Gasteiger partial charge on any atom is -0.496 e. The summed E-state index contributed by atoms with van der Waals surface area (Å²) in [7, 11) is 3.52. The van der Waals surface area contributed by atoms with Gasteiger partial charge in [0.25, 0.3) is 0 Å². The number of carbonyl (C=O) groups is 1. The lowest BCUT2D eigenvalue weighted by atomic mass is 10.2. The summed E-state index contributed by atoms with van der Waals surface area (Å²) in [5, 5.41) is 5.80. The van der Waals surface area contributed by atoms with Crippen LogP contribution in [0.4, 0.5) is 10.1 Å². The van der Waals surface area contributed by atoms with Crippen LogP contribution < -0.4 is 15.4 Å². The quantitative estimate of drug-likeness (QED) is 0.579. The number of carbonyl (C=O) groups excluding carboxylic acids is 1. The first kappa shape index (κ1) is 20.2. The highest BCUT2D eigenvalue weighted by atomic mass is 19.1. The fourth-order valence-electron chi connectivity index (χ4n) is 2.55. The van der Waals surface area contributed by atoms with Crippen molar-refractivity contribution in [3.8, 4) is 5.75 Å². The number of ether oxygens (including phenoxy) is 1. The molecule has 0 aliphatic rings. The van der Waals surface area contributed by atoms with Crippen molar-refractivity contribution in [2.45, 2.75) is 13.5 Å². The van der Waals surface area contributed by atoms with Crippen LogP contribution >= 0.6 is 0 Å². The molecule has 2 N–H and O–H groups in total. The third-order valence-corrected chi connectivity index (χ3v) is 3.78. The number of nitrogens with one attached hydrogen (secondary N) is 2. The summed E-state index contributed by atoms with van der Waals surface area (Å²) in [6, 6.07) is 13.5. The van der Waals surface area contributed by atoms with Crippen LogP contribution in [0.25, 0.3) is 0 Å². The van der Waals surface area contributed by atoms with E-state index in [1.54, 1.807) is 19.2 Å². The van der Waals surface area contributed by atoms with E-state index in [4.69, 9.17) is 4.74 Å². The fraction of sp³-hybridized carbons (Fsp3) is 0.300. The molecule has 2 aromatic rings. The van der Waals surface area contributed by atoms with E-state index in [1.807, 2.05) is 43.1 Å². The van der Waals surface area contributed by atoms with Crippen LogP contribution in [0, 0.1) is 5.82 Å². The predicted octanol–water partition coefficient (Wildman–Crippen LogP) is 2.87. The molecule has 27 heavy (non-hydrogen) atoms. The number of amides is 1. The molecule has 0 aromatic heterocycles. The van der Waals surface area contributed by atoms with Gasteiger partial charge >= 0.3 is 0 Å². The molecule has 2 rings (SSSR count). The normalized spacial score (nSPS) is 11.0. The first-order chi connectivity index (χ1) is 13.0. The predicted molar refractivity (Wildman–Crippen MR) is 105 cm³/mol. The zero-order valence-corrected chi connectivity index (χ0v) is 15.8. The van der Waals surface area contributed by atoms with Crippen molar-refractivity contribution in [2.24, 2.45) is 4.99 Å². The third kappa shape index (κ3) is 6.29. The van der Waals surface area contributed by atoms with Gasteiger partial charge in [0.05, 0.1) is 7.11 Å². The van der Waals surface area contributed by atoms with Gasteiger partial charge in [0, 0.05) is 31.4 Å². The van der Waals surface area contributed by atoms with Crippen LogP contribution in [0.1, 0.15) is 12.5 Å². The molecule has 6 nitrogen and oxygen atoms in total. The smallest absolute Gasteiger partial charge is 0.246 e. The molecular formula is C20H25FN4O2. The van der Waals surface area contributed by atoms with E-state index in [0.29, 0.717) is 24.7 Å². The van der Waals surface area contributed by atoms with E-state index in [2.05, 4.69) is 15.6 Å². The highest BCUT2D eigenvalue weighted by Gasteiger charge is 2.11. The molecule has 0 bridgehead atoms. The first-order valence-corrected chi connectivity index (χ1v) is 8.70. The Kier molecular flexibility index (Phi) is 7.61. The van der Waals surface area contributed by atoms with Gasteiger partial charge in [-0.2, -0.15) is 0 Å². The Labute approximate surface area is 159 Å². The van der Waals surface area contributed by atoms with Crippen LogP contribution in [0.15, 0.2) is 53.5 Å². The molecule has 0 radical (unpaired) electrons. The van der Waals surface area contributed by atoms with Gasteiger partial charge < -0.3 is 20.3 Å². The molecular weight excluding hydrogens is 347 g/mol. The molecule has 0 heterocycles. The van der Waals surface area contributed by atoms with E-state index in [0.717, 1.165) is 11.3 Å². The van der Waals surface area contributed by atoms with Crippen molar-refractivity contribution >= 4 is 17.6 Å². The van der Waals surface area contributed by atoms with E-state index >= 15 is 0 Å². The Morgan fingerprint density at radius 1 is 1.22 bits per heavy atom. The maximum atomic E-state index is 13.2. The van der Waals surface area contributed by atoms with Gasteiger partial charge in [0.1, 0.15) is 18.1 Å². The molecule has 2 aromatic carbocycles. The maximum absolute atomic E-state index is 13.2. The number of hydrogen-bond acceptors (Lipinski definition) is 3. The number of benzene rings is 2. The molecule has 0 unspecified atom stereocenters. The van der Waals surface area contributed by atoms with Crippen LogP contribution in [0.2, 0.25) is 0 Å². The second-order valence-electron chi connectivity index (χ2n) is 5.90. The number of methoxy groups -OCH3 is 1. The summed E-state index contributed by atoms with van der Waals surface area (Å²) in [6.45, 7) is 3.12. The Morgan fingerprint density at radius 3 is 2.70 bits per heavy atom. The molecule has 0 fully saturated rings. The molecule has 0 spiro atoms. The topological polar surface area (TPSA) is 66.0 Å². The Bertz CT molecular complexity index is 795. The number of anilines is 1. The minimum atomic E-state index is -0.402. The fourth-order valence-corrected chi connectivity index (χ4v) is 2.55. The summed E-state index contributed by atoms with van der Waals surface area (Å²) in [5.41, 5.74) is 1.42. The summed E-state index contributed by atoms with van der Waals surface area (Å²) >= 11 is 0. The van der Waals surface area contributed by atoms with Crippen LogP contribution in [-0.2, 0) is 11.3 Å². The van der Waals surface area contributed by atoms with Gasteiger partial charge in [-0.05, 0) is 31.2 Å². The van der Waals surface area contributed by atoms with Crippen molar-refractivity contribution in [1.29, 1.82) is 0 Å². The van der Waals surface area contributed by atoms with Gasteiger partial charge in [-0.25, -0.2) is 9.38 Å². The highest BCUT2D eigenvalue weighted by Crippen LogP contribution is 2.18. The number of halogens is 1. The second-order valence-corrected chi connectivity index (χ2v) is 5.90. The van der Waals surface area contributed by atoms with Crippen LogP contribution in [-0.4, -0.2) is 44.0 Å². The zero-order valence-electron chi connectivity index (χ0n) is 15.8. The lowest BCUT2D eigenvalue weighted by Crippen LogP contribution is -2.39.